The van der Waals surface area contributed by atoms with Gasteiger partial charge in [-0.15, -0.1) is 0 Å². The van der Waals surface area contributed by atoms with Gasteiger partial charge in [-0.1, -0.05) is 18.2 Å². The largest absolute Gasteiger partial charge is 0.381 e. The number of piperidine rings is 1. The monoisotopic (exact) mass is 444 g/mol. The van der Waals surface area contributed by atoms with E-state index in [-0.39, 0.29) is 35.5 Å². The zero-order chi connectivity index (χ0) is 21.8. The van der Waals surface area contributed by atoms with Crippen molar-refractivity contribution in [1.82, 2.24) is 9.80 Å². The van der Waals surface area contributed by atoms with Crippen LogP contribution in [0.25, 0.3) is 0 Å². The molecular formula is C24H29FN2O3S. The summed E-state index contributed by atoms with van der Waals surface area (Å²) in [6.07, 6.45) is 2.88. The lowest BCUT2D eigenvalue weighted by molar-refractivity contribution is -0.137. The highest BCUT2D eigenvalue weighted by atomic mass is 32.1. The summed E-state index contributed by atoms with van der Waals surface area (Å²) in [7, 11) is 1.82. The molecule has 0 spiro atoms. The van der Waals surface area contributed by atoms with E-state index in [0.29, 0.717) is 43.9 Å². The molecule has 5 nitrogen and oxygen atoms in total. The molecule has 3 heterocycles. The molecule has 2 atom stereocenters. The molecule has 1 aromatic heterocycles. The van der Waals surface area contributed by atoms with E-state index >= 15 is 0 Å². The van der Waals surface area contributed by atoms with Crippen LogP contribution in [0.4, 0.5) is 4.39 Å². The summed E-state index contributed by atoms with van der Waals surface area (Å²) in [6.45, 7) is 2.53. The average Bonchev–Trinajstić information content (AvgIpc) is 3.52. The third-order valence-electron chi connectivity index (χ3n) is 6.65. The number of carbonyl (C=O) groups excluding carboxylic acids is 2. The van der Waals surface area contributed by atoms with E-state index in [9.17, 15) is 14.0 Å². The number of carbonyl (C=O) groups is 2. The van der Waals surface area contributed by atoms with Crippen molar-refractivity contribution in [1.29, 1.82) is 0 Å². The van der Waals surface area contributed by atoms with Gasteiger partial charge in [0.15, 0.2) is 0 Å². The SMILES string of the molecule is CN(C(=O)c1ccsc1)[C@H](Cc1ccccc1F)C1CCN(C(=O)[C@H]2CCOC2)CC1. The second kappa shape index (κ2) is 9.92. The fraction of sp³-hybridized carbons (Fsp3) is 0.500. The first-order valence-corrected chi connectivity index (χ1v) is 11.9. The number of likely N-dealkylation sites (tertiary alicyclic amines) is 1. The van der Waals surface area contributed by atoms with Gasteiger partial charge in [0.2, 0.25) is 5.91 Å². The van der Waals surface area contributed by atoms with Crippen LogP contribution in [0, 0.1) is 17.7 Å². The highest BCUT2D eigenvalue weighted by Crippen LogP contribution is 2.29. The van der Waals surface area contributed by atoms with Crippen LogP contribution in [-0.4, -0.2) is 61.0 Å². The zero-order valence-corrected chi connectivity index (χ0v) is 18.7. The summed E-state index contributed by atoms with van der Waals surface area (Å²) in [5.74, 6) is 0.0934. The molecule has 7 heteroatoms. The number of hydrogen-bond donors (Lipinski definition) is 0. The number of amides is 2. The topological polar surface area (TPSA) is 49.9 Å². The van der Waals surface area contributed by atoms with E-state index in [2.05, 4.69) is 0 Å². The van der Waals surface area contributed by atoms with Crippen molar-refractivity contribution < 1.29 is 18.7 Å². The van der Waals surface area contributed by atoms with E-state index in [1.165, 1.54) is 17.4 Å². The summed E-state index contributed by atoms with van der Waals surface area (Å²) < 4.78 is 19.8. The third-order valence-corrected chi connectivity index (χ3v) is 7.33. The Balaban J connectivity index is 1.48. The van der Waals surface area contributed by atoms with Crippen molar-refractivity contribution in [2.24, 2.45) is 11.8 Å². The minimum absolute atomic E-state index is 0.0198. The highest BCUT2D eigenvalue weighted by molar-refractivity contribution is 7.08. The molecule has 4 rings (SSSR count). The minimum Gasteiger partial charge on any atom is -0.381 e. The average molecular weight is 445 g/mol. The number of likely N-dealkylation sites (N-methyl/N-ethyl adjacent to an activating group) is 1. The molecule has 2 fully saturated rings. The van der Waals surface area contributed by atoms with Gasteiger partial charge < -0.3 is 14.5 Å². The molecule has 0 radical (unpaired) electrons. The summed E-state index contributed by atoms with van der Waals surface area (Å²) in [6, 6.07) is 8.49. The van der Waals surface area contributed by atoms with Crippen molar-refractivity contribution >= 4 is 23.2 Å². The summed E-state index contributed by atoms with van der Waals surface area (Å²) in [5.41, 5.74) is 1.29. The maximum Gasteiger partial charge on any atom is 0.254 e. The van der Waals surface area contributed by atoms with Crippen molar-refractivity contribution in [2.45, 2.75) is 31.7 Å². The van der Waals surface area contributed by atoms with Gasteiger partial charge >= 0.3 is 0 Å². The van der Waals surface area contributed by atoms with Gasteiger partial charge in [0.1, 0.15) is 5.82 Å². The van der Waals surface area contributed by atoms with Crippen molar-refractivity contribution in [2.75, 3.05) is 33.4 Å². The van der Waals surface area contributed by atoms with Gasteiger partial charge in [-0.25, -0.2) is 4.39 Å². The number of thiophene rings is 1. The Hall–Kier alpha value is -2.25. The molecule has 2 aromatic rings. The number of rotatable bonds is 6. The molecule has 31 heavy (non-hydrogen) atoms. The Morgan fingerprint density at radius 3 is 2.65 bits per heavy atom. The van der Waals surface area contributed by atoms with E-state index < -0.39 is 0 Å². The van der Waals surface area contributed by atoms with Crippen LogP contribution in [0.2, 0.25) is 0 Å². The van der Waals surface area contributed by atoms with Crippen LogP contribution in [0.15, 0.2) is 41.1 Å². The second-order valence-corrected chi connectivity index (χ2v) is 9.29. The molecule has 2 saturated heterocycles. The zero-order valence-electron chi connectivity index (χ0n) is 17.8. The van der Waals surface area contributed by atoms with Crippen LogP contribution in [0.5, 0.6) is 0 Å². The Morgan fingerprint density at radius 2 is 2.00 bits per heavy atom. The summed E-state index contributed by atoms with van der Waals surface area (Å²) in [5, 5.41) is 3.74. The normalized spacial score (nSPS) is 20.6. The lowest BCUT2D eigenvalue weighted by Crippen LogP contribution is -2.49. The number of hydrogen-bond acceptors (Lipinski definition) is 4. The smallest absolute Gasteiger partial charge is 0.254 e. The fourth-order valence-electron chi connectivity index (χ4n) is 4.74. The van der Waals surface area contributed by atoms with Gasteiger partial charge in [0.25, 0.3) is 5.91 Å². The lowest BCUT2D eigenvalue weighted by atomic mass is 9.84. The van der Waals surface area contributed by atoms with Gasteiger partial charge in [0.05, 0.1) is 18.1 Å². The van der Waals surface area contributed by atoms with Gasteiger partial charge in [0, 0.05) is 38.2 Å². The molecule has 2 amide bonds. The van der Waals surface area contributed by atoms with Crippen LogP contribution in [0.3, 0.4) is 0 Å². The Morgan fingerprint density at radius 1 is 1.23 bits per heavy atom. The Labute approximate surface area is 186 Å². The fourth-order valence-corrected chi connectivity index (χ4v) is 5.37. The number of nitrogens with zero attached hydrogens (tertiary/aromatic N) is 2. The molecule has 0 unspecified atom stereocenters. The van der Waals surface area contributed by atoms with Gasteiger partial charge in [-0.3, -0.25) is 9.59 Å². The Kier molecular flexibility index (Phi) is 7.02. The standard InChI is InChI=1S/C24H29FN2O3S/c1-26(23(28)20-9-13-31-16-20)22(14-18-4-2-3-5-21(18)25)17-6-10-27(11-7-17)24(29)19-8-12-30-15-19/h2-5,9,13,16-17,19,22H,6-8,10-12,14-15H2,1H3/t19-,22+/m0/s1. The first kappa shape index (κ1) is 22.0. The number of ether oxygens (including phenoxy) is 1. The molecular weight excluding hydrogens is 415 g/mol. The van der Waals surface area contributed by atoms with E-state index in [1.807, 2.05) is 34.8 Å². The van der Waals surface area contributed by atoms with Crippen LogP contribution < -0.4 is 0 Å². The maximum absolute atomic E-state index is 14.4. The quantitative estimate of drug-likeness (QED) is 0.680. The molecule has 0 bridgehead atoms. The van der Waals surface area contributed by atoms with E-state index in [0.717, 1.165) is 19.3 Å². The van der Waals surface area contributed by atoms with Crippen molar-refractivity contribution in [3.05, 3.63) is 58.0 Å². The molecule has 2 aliphatic heterocycles. The van der Waals surface area contributed by atoms with Crippen molar-refractivity contribution in [3.8, 4) is 0 Å². The summed E-state index contributed by atoms with van der Waals surface area (Å²) >= 11 is 1.49. The van der Waals surface area contributed by atoms with Gasteiger partial charge in [-0.2, -0.15) is 11.3 Å². The van der Waals surface area contributed by atoms with E-state index in [4.69, 9.17) is 4.74 Å². The molecule has 1 aromatic carbocycles. The van der Waals surface area contributed by atoms with Crippen LogP contribution >= 0.6 is 11.3 Å². The third kappa shape index (κ3) is 4.99. The lowest BCUT2D eigenvalue weighted by Gasteiger charge is -2.40. The highest BCUT2D eigenvalue weighted by Gasteiger charge is 2.35. The molecule has 2 aliphatic rings. The number of benzene rings is 1. The first-order chi connectivity index (χ1) is 15.0. The maximum atomic E-state index is 14.4. The Bertz CT molecular complexity index is 890. The van der Waals surface area contributed by atoms with Crippen molar-refractivity contribution in [3.63, 3.8) is 0 Å². The predicted molar refractivity (Wildman–Crippen MR) is 119 cm³/mol. The predicted octanol–water partition coefficient (Wildman–Crippen LogP) is 3.85. The van der Waals surface area contributed by atoms with Crippen LogP contribution in [0.1, 0.15) is 35.2 Å². The molecule has 0 N–H and O–H groups in total. The van der Waals surface area contributed by atoms with Gasteiger partial charge in [-0.05, 0) is 54.7 Å². The van der Waals surface area contributed by atoms with E-state index in [1.54, 1.807) is 17.0 Å². The van der Waals surface area contributed by atoms with Crippen LogP contribution in [-0.2, 0) is 16.0 Å². The molecule has 166 valence electrons. The second-order valence-electron chi connectivity index (χ2n) is 8.51. The number of halogens is 1. The minimum atomic E-state index is -0.238. The molecule has 0 aliphatic carbocycles. The first-order valence-electron chi connectivity index (χ1n) is 10.9. The summed E-state index contributed by atoms with van der Waals surface area (Å²) in [4.78, 5) is 29.5. The molecule has 0 saturated carbocycles.